The minimum Gasteiger partial charge on any atom is -0.494 e. The van der Waals surface area contributed by atoms with Gasteiger partial charge in [0.05, 0.1) is 13.2 Å². The molecule has 1 atom stereocenters. The Morgan fingerprint density at radius 1 is 1.37 bits per heavy atom. The van der Waals surface area contributed by atoms with E-state index >= 15 is 0 Å². The maximum atomic E-state index is 5.71. The number of nitrogens with one attached hydrogen (secondary N) is 2. The summed E-state index contributed by atoms with van der Waals surface area (Å²) in [6, 6.07) is 8.56. The maximum absolute atomic E-state index is 5.71. The summed E-state index contributed by atoms with van der Waals surface area (Å²) in [5, 5.41) is 11.4. The molecule has 1 aliphatic heterocycles. The van der Waals surface area contributed by atoms with Crippen molar-refractivity contribution in [3.63, 3.8) is 0 Å². The summed E-state index contributed by atoms with van der Waals surface area (Å²) in [6.07, 6.45) is 3.82. The summed E-state index contributed by atoms with van der Waals surface area (Å²) >= 11 is 0. The fraction of sp³-hybridized carbons (Fsp3) is 0.571. The number of hydrogen-bond donors (Lipinski definition) is 2. The van der Waals surface area contributed by atoms with E-state index in [0.717, 1.165) is 68.7 Å². The molecular weight excluding hydrogens is 495 g/mol. The van der Waals surface area contributed by atoms with Crippen LogP contribution in [-0.2, 0) is 30.7 Å². The van der Waals surface area contributed by atoms with E-state index in [1.54, 1.807) is 14.2 Å². The summed E-state index contributed by atoms with van der Waals surface area (Å²) in [7, 11) is 3.46. The Kier molecular flexibility index (Phi) is 10.4. The van der Waals surface area contributed by atoms with Gasteiger partial charge >= 0.3 is 0 Å². The summed E-state index contributed by atoms with van der Waals surface area (Å²) in [6.45, 7) is 4.90. The van der Waals surface area contributed by atoms with E-state index < -0.39 is 0 Å². The molecule has 1 aromatic heterocycles. The summed E-state index contributed by atoms with van der Waals surface area (Å²) < 4.78 is 12.8. The highest BCUT2D eigenvalue weighted by Gasteiger charge is 2.22. The number of guanidine groups is 1. The van der Waals surface area contributed by atoms with Crippen molar-refractivity contribution in [2.45, 2.75) is 51.8 Å². The summed E-state index contributed by atoms with van der Waals surface area (Å²) in [5.74, 6) is 3.53. The van der Waals surface area contributed by atoms with E-state index in [9.17, 15) is 0 Å². The Morgan fingerprint density at radius 3 is 3.00 bits per heavy atom. The topological polar surface area (TPSA) is 85.6 Å². The highest BCUT2D eigenvalue weighted by molar-refractivity contribution is 14.0. The van der Waals surface area contributed by atoms with Crippen LogP contribution in [0.5, 0.6) is 5.75 Å². The first-order valence-corrected chi connectivity index (χ1v) is 10.3. The molecule has 3 rings (SSSR count). The second-order valence-electron chi connectivity index (χ2n) is 7.18. The Balaban J connectivity index is 0.00000320. The Morgan fingerprint density at radius 2 is 2.23 bits per heavy atom. The third kappa shape index (κ3) is 7.12. The van der Waals surface area contributed by atoms with Crippen molar-refractivity contribution in [1.29, 1.82) is 0 Å². The van der Waals surface area contributed by atoms with Gasteiger partial charge < -0.3 is 20.1 Å². The van der Waals surface area contributed by atoms with E-state index in [-0.39, 0.29) is 30.0 Å². The molecule has 0 amide bonds. The zero-order chi connectivity index (χ0) is 20.5. The molecule has 30 heavy (non-hydrogen) atoms. The lowest BCUT2D eigenvalue weighted by Crippen LogP contribution is -2.47. The molecule has 8 nitrogen and oxygen atoms in total. The first-order chi connectivity index (χ1) is 14.2. The average molecular weight is 528 g/mol. The fourth-order valence-corrected chi connectivity index (χ4v) is 3.39. The van der Waals surface area contributed by atoms with E-state index in [0.29, 0.717) is 6.61 Å². The van der Waals surface area contributed by atoms with Gasteiger partial charge in [0.15, 0.2) is 11.8 Å². The number of fused-ring (bicyclic) bond motifs is 1. The number of nitrogens with zero attached hydrogens (tertiary/aromatic N) is 4. The van der Waals surface area contributed by atoms with Crippen molar-refractivity contribution in [3.05, 3.63) is 41.5 Å². The van der Waals surface area contributed by atoms with Gasteiger partial charge in [-0.05, 0) is 37.0 Å². The number of halogens is 1. The largest absolute Gasteiger partial charge is 0.494 e. The first kappa shape index (κ1) is 24.4. The molecule has 1 unspecified atom stereocenters. The molecule has 0 radical (unpaired) electrons. The minimum absolute atomic E-state index is 0. The summed E-state index contributed by atoms with van der Waals surface area (Å²) in [5.41, 5.74) is 1.25. The van der Waals surface area contributed by atoms with Gasteiger partial charge in [-0.15, -0.1) is 24.0 Å². The molecule has 0 bridgehead atoms. The lowest BCUT2D eigenvalue weighted by molar-refractivity contribution is 0.177. The molecule has 2 heterocycles. The third-order valence-corrected chi connectivity index (χ3v) is 4.82. The molecule has 0 spiro atoms. The number of methoxy groups -OCH3 is 1. The Labute approximate surface area is 195 Å². The lowest BCUT2D eigenvalue weighted by atomic mass is 10.1. The molecule has 2 N–H and O–H groups in total. The van der Waals surface area contributed by atoms with E-state index in [2.05, 4.69) is 44.8 Å². The highest BCUT2D eigenvalue weighted by atomic mass is 127. The zero-order valence-electron chi connectivity index (χ0n) is 18.1. The van der Waals surface area contributed by atoms with Gasteiger partial charge in [-0.1, -0.05) is 19.1 Å². The van der Waals surface area contributed by atoms with Crippen LogP contribution in [0.2, 0.25) is 0 Å². The molecule has 0 saturated carbocycles. The van der Waals surface area contributed by atoms with E-state index in [1.165, 1.54) is 5.56 Å². The van der Waals surface area contributed by atoms with Gasteiger partial charge in [0, 0.05) is 33.2 Å². The Bertz CT molecular complexity index is 811. The molecule has 2 aromatic rings. The second-order valence-corrected chi connectivity index (χ2v) is 7.18. The average Bonchev–Trinajstić information content (AvgIpc) is 3.13. The molecule has 0 fully saturated rings. The van der Waals surface area contributed by atoms with Crippen LogP contribution in [0, 0.1) is 0 Å². The molecule has 9 heteroatoms. The highest BCUT2D eigenvalue weighted by Crippen LogP contribution is 2.15. The number of aryl methyl sites for hydroxylation is 1. The molecule has 0 saturated heterocycles. The number of aromatic nitrogens is 3. The van der Waals surface area contributed by atoms with Crippen LogP contribution in [0.4, 0.5) is 0 Å². The predicted octanol–water partition coefficient (Wildman–Crippen LogP) is 2.55. The molecule has 0 aliphatic carbocycles. The van der Waals surface area contributed by atoms with Crippen molar-refractivity contribution in [1.82, 2.24) is 25.4 Å². The molecule has 166 valence electrons. The number of aliphatic imine (C=N–C) groups is 1. The van der Waals surface area contributed by atoms with Gasteiger partial charge in [-0.2, -0.15) is 5.10 Å². The minimum atomic E-state index is 0. The van der Waals surface area contributed by atoms with Crippen molar-refractivity contribution < 1.29 is 9.47 Å². The van der Waals surface area contributed by atoms with Gasteiger partial charge in [0.2, 0.25) is 0 Å². The number of hydrogen-bond acceptors (Lipinski definition) is 5. The molecule has 1 aliphatic rings. The van der Waals surface area contributed by atoms with Crippen LogP contribution < -0.4 is 15.4 Å². The second kappa shape index (κ2) is 12.7. The fourth-order valence-electron chi connectivity index (χ4n) is 3.39. The van der Waals surface area contributed by atoms with Gasteiger partial charge in [0.25, 0.3) is 0 Å². The smallest absolute Gasteiger partial charge is 0.191 e. The van der Waals surface area contributed by atoms with Crippen molar-refractivity contribution in [3.8, 4) is 5.75 Å². The third-order valence-electron chi connectivity index (χ3n) is 4.82. The van der Waals surface area contributed by atoms with Gasteiger partial charge in [-0.3, -0.25) is 4.99 Å². The normalized spacial score (nSPS) is 15.8. The maximum Gasteiger partial charge on any atom is 0.191 e. The van der Waals surface area contributed by atoms with Crippen LogP contribution in [0.1, 0.15) is 37.0 Å². The van der Waals surface area contributed by atoms with Crippen molar-refractivity contribution in [2.24, 2.45) is 4.99 Å². The standard InChI is InChI=1S/C21H32N6O2.HI/c1-4-12-29-18-7-5-6-16(13-18)10-11-23-21(22-2)24-17-8-9-20-25-19(15-28-3)26-27(20)14-17;/h5-7,13,17H,4,8-12,14-15H2,1-3H3,(H2,22,23,24);1H. The van der Waals surface area contributed by atoms with Gasteiger partial charge in [-0.25, -0.2) is 9.67 Å². The SMILES string of the molecule is CCCOc1cccc(CCNC(=NC)NC2CCc3nc(COC)nn3C2)c1.I. The van der Waals surface area contributed by atoms with Crippen LogP contribution in [-0.4, -0.2) is 54.1 Å². The van der Waals surface area contributed by atoms with Crippen molar-refractivity contribution in [2.75, 3.05) is 27.3 Å². The Hall–Kier alpha value is -1.88. The number of ether oxygens (including phenoxy) is 2. The van der Waals surface area contributed by atoms with Crippen LogP contribution >= 0.6 is 24.0 Å². The first-order valence-electron chi connectivity index (χ1n) is 10.3. The quantitative estimate of drug-likeness (QED) is 0.296. The van der Waals surface area contributed by atoms with E-state index in [4.69, 9.17) is 9.47 Å². The van der Waals surface area contributed by atoms with E-state index in [1.807, 2.05) is 16.8 Å². The monoisotopic (exact) mass is 528 g/mol. The van der Waals surface area contributed by atoms with Gasteiger partial charge in [0.1, 0.15) is 18.2 Å². The number of rotatable bonds is 9. The molecular formula is C21H33IN6O2. The van der Waals surface area contributed by atoms with Crippen LogP contribution in [0.25, 0.3) is 0 Å². The van der Waals surface area contributed by atoms with Crippen LogP contribution in [0.3, 0.4) is 0 Å². The predicted molar refractivity (Wildman–Crippen MR) is 129 cm³/mol. The van der Waals surface area contributed by atoms with Crippen LogP contribution in [0.15, 0.2) is 29.3 Å². The molecule has 1 aromatic carbocycles. The number of benzene rings is 1. The summed E-state index contributed by atoms with van der Waals surface area (Å²) in [4.78, 5) is 8.89. The van der Waals surface area contributed by atoms with Crippen molar-refractivity contribution >= 4 is 29.9 Å². The lowest BCUT2D eigenvalue weighted by Gasteiger charge is -2.25. The zero-order valence-corrected chi connectivity index (χ0v) is 20.4.